The summed E-state index contributed by atoms with van der Waals surface area (Å²) in [5.74, 6) is -1.82. The van der Waals surface area contributed by atoms with E-state index >= 15 is 0 Å². The summed E-state index contributed by atoms with van der Waals surface area (Å²) in [5.41, 5.74) is 3.51. The Bertz CT molecular complexity index is 1360. The molecule has 0 spiro atoms. The fraction of sp³-hybridized carbons (Fsp3) is 0.0435. The van der Waals surface area contributed by atoms with Crippen LogP contribution in [0.15, 0.2) is 64.6 Å². The smallest absolute Gasteiger partial charge is 0.275 e. The van der Waals surface area contributed by atoms with Crippen LogP contribution in [0.5, 0.6) is 0 Å². The van der Waals surface area contributed by atoms with Gasteiger partial charge in [0, 0.05) is 11.1 Å². The maximum absolute atomic E-state index is 13.7. The number of aliphatic imine (C=N–C) groups is 2. The van der Waals surface area contributed by atoms with Crippen LogP contribution in [0.1, 0.15) is 16.7 Å². The van der Waals surface area contributed by atoms with Crippen molar-refractivity contribution in [2.24, 2.45) is 9.98 Å². The van der Waals surface area contributed by atoms with Crippen molar-refractivity contribution in [3.63, 3.8) is 0 Å². The maximum atomic E-state index is 13.7. The Kier molecular flexibility index (Phi) is 4.21. The quantitative estimate of drug-likeness (QED) is 0.648. The molecule has 31 heavy (non-hydrogen) atoms. The zero-order chi connectivity index (χ0) is 21.7. The number of halogens is 2. The van der Waals surface area contributed by atoms with Crippen LogP contribution in [0, 0.1) is 18.6 Å². The van der Waals surface area contributed by atoms with Crippen molar-refractivity contribution in [2.45, 2.75) is 6.92 Å². The highest BCUT2D eigenvalue weighted by Crippen LogP contribution is 2.32. The van der Waals surface area contributed by atoms with E-state index in [-0.39, 0.29) is 11.4 Å². The largest absolute Gasteiger partial charge is 0.320 e. The number of aryl methyl sites for hydroxylation is 1. The highest BCUT2D eigenvalue weighted by molar-refractivity contribution is 6.54. The molecule has 0 radical (unpaired) electrons. The molecule has 6 nitrogen and oxygen atoms in total. The van der Waals surface area contributed by atoms with Crippen molar-refractivity contribution in [3.8, 4) is 0 Å². The molecular weight excluding hydrogens is 402 g/mol. The molecule has 0 atom stereocenters. The Hall–Kier alpha value is -4.20. The lowest BCUT2D eigenvalue weighted by Gasteiger charge is -2.05. The van der Waals surface area contributed by atoms with Crippen LogP contribution in [-0.4, -0.2) is 23.2 Å². The molecule has 8 heteroatoms. The lowest BCUT2D eigenvalue weighted by Crippen LogP contribution is -2.14. The van der Waals surface area contributed by atoms with E-state index < -0.39 is 23.4 Å². The molecule has 0 saturated carbocycles. The third kappa shape index (κ3) is 3.28. The summed E-state index contributed by atoms with van der Waals surface area (Å²) in [6.07, 6.45) is 0. The molecule has 0 aliphatic carbocycles. The van der Waals surface area contributed by atoms with Gasteiger partial charge in [-0.3, -0.25) is 9.59 Å². The number of rotatable bonds is 2. The third-order valence-electron chi connectivity index (χ3n) is 5.07. The van der Waals surface area contributed by atoms with E-state index in [2.05, 4.69) is 20.6 Å². The molecular formula is C23H14F2N4O2. The number of nitrogens with zero attached hydrogens (tertiary/aromatic N) is 2. The first-order valence-electron chi connectivity index (χ1n) is 9.39. The number of hydrogen-bond acceptors (Lipinski definition) is 4. The fourth-order valence-corrected chi connectivity index (χ4v) is 3.51. The number of benzene rings is 3. The first-order chi connectivity index (χ1) is 14.9. The van der Waals surface area contributed by atoms with E-state index in [1.54, 1.807) is 18.2 Å². The summed E-state index contributed by atoms with van der Waals surface area (Å²) in [6.45, 7) is 1.81. The first kappa shape index (κ1) is 18.8. The molecule has 2 aliphatic heterocycles. The van der Waals surface area contributed by atoms with Crippen molar-refractivity contribution in [1.29, 1.82) is 0 Å². The summed E-state index contributed by atoms with van der Waals surface area (Å²) in [7, 11) is 0. The minimum Gasteiger partial charge on any atom is -0.320 e. The third-order valence-corrected chi connectivity index (χ3v) is 5.07. The van der Waals surface area contributed by atoms with Crippen LogP contribution in [0.4, 0.5) is 31.5 Å². The van der Waals surface area contributed by atoms with E-state index in [0.717, 1.165) is 5.56 Å². The summed E-state index contributed by atoms with van der Waals surface area (Å²) in [6, 6.07) is 13.0. The second-order valence-corrected chi connectivity index (χ2v) is 7.18. The Labute approximate surface area is 175 Å². The Morgan fingerprint density at radius 2 is 1.26 bits per heavy atom. The van der Waals surface area contributed by atoms with Crippen molar-refractivity contribution in [3.05, 3.63) is 82.9 Å². The number of carbonyl (C=O) groups excluding carboxylic acids is 2. The van der Waals surface area contributed by atoms with Crippen LogP contribution in [0.2, 0.25) is 0 Å². The molecule has 0 unspecified atom stereocenters. The van der Waals surface area contributed by atoms with E-state index in [1.807, 2.05) is 6.92 Å². The molecule has 0 aromatic heterocycles. The number of nitrogens with one attached hydrogen (secondary N) is 2. The predicted octanol–water partition coefficient (Wildman–Crippen LogP) is 4.42. The summed E-state index contributed by atoms with van der Waals surface area (Å²) in [4.78, 5) is 33.5. The van der Waals surface area contributed by atoms with Crippen molar-refractivity contribution in [2.75, 3.05) is 10.6 Å². The molecule has 0 fully saturated rings. The normalized spacial score (nSPS) is 17.0. The van der Waals surface area contributed by atoms with Crippen LogP contribution < -0.4 is 10.6 Å². The average molecular weight is 416 g/mol. The molecule has 5 rings (SSSR count). The van der Waals surface area contributed by atoms with E-state index in [4.69, 9.17) is 0 Å². The van der Waals surface area contributed by atoms with E-state index in [1.165, 1.54) is 36.4 Å². The van der Waals surface area contributed by atoms with Gasteiger partial charge in [-0.25, -0.2) is 18.8 Å². The zero-order valence-corrected chi connectivity index (χ0v) is 16.2. The molecule has 0 bridgehead atoms. The lowest BCUT2D eigenvalue weighted by molar-refractivity contribution is -0.110. The Balaban J connectivity index is 1.58. The molecule has 0 saturated heterocycles. The second-order valence-electron chi connectivity index (χ2n) is 7.18. The Morgan fingerprint density at radius 1 is 0.710 bits per heavy atom. The SMILES string of the molecule is Cc1ccc(N=C2C(=O)Nc3ccc(F)cc32)cc1N=C1C(=O)Nc2ccc(F)cc21. The molecule has 152 valence electrons. The van der Waals surface area contributed by atoms with Gasteiger partial charge in [0.1, 0.15) is 23.1 Å². The molecule has 2 N–H and O–H groups in total. The van der Waals surface area contributed by atoms with Gasteiger partial charge in [0.2, 0.25) is 0 Å². The zero-order valence-electron chi connectivity index (χ0n) is 16.2. The number of carbonyl (C=O) groups is 2. The van der Waals surface area contributed by atoms with Crippen molar-refractivity contribution >= 4 is 46.0 Å². The average Bonchev–Trinajstić information content (AvgIpc) is 3.20. The van der Waals surface area contributed by atoms with Crippen LogP contribution in [-0.2, 0) is 9.59 Å². The van der Waals surface area contributed by atoms with Gasteiger partial charge >= 0.3 is 0 Å². The number of fused-ring (bicyclic) bond motifs is 2. The topological polar surface area (TPSA) is 82.9 Å². The van der Waals surface area contributed by atoms with Crippen LogP contribution in [0.25, 0.3) is 0 Å². The highest BCUT2D eigenvalue weighted by Gasteiger charge is 2.28. The summed E-state index contributed by atoms with van der Waals surface area (Å²) >= 11 is 0. The maximum Gasteiger partial charge on any atom is 0.275 e. The van der Waals surface area contributed by atoms with Gasteiger partial charge < -0.3 is 10.6 Å². The van der Waals surface area contributed by atoms with Gasteiger partial charge in [-0.2, -0.15) is 0 Å². The number of amides is 2. The van der Waals surface area contributed by atoms with Gasteiger partial charge in [-0.05, 0) is 61.0 Å². The first-order valence-corrected chi connectivity index (χ1v) is 9.39. The van der Waals surface area contributed by atoms with Crippen LogP contribution in [0.3, 0.4) is 0 Å². The standard InChI is InChI=1S/C23H14F2N4O2/c1-11-2-5-14(26-20-15-8-12(24)3-6-17(15)28-22(20)30)10-19(11)27-21-16-9-13(25)4-7-18(16)29-23(21)31/h2-10H,1H3,(H,26,28,30)(H,27,29,31). The molecule has 2 amide bonds. The lowest BCUT2D eigenvalue weighted by atomic mass is 10.1. The van der Waals surface area contributed by atoms with Gasteiger partial charge in [0.25, 0.3) is 11.8 Å². The van der Waals surface area contributed by atoms with Gasteiger partial charge in [-0.1, -0.05) is 6.07 Å². The van der Waals surface area contributed by atoms with Crippen LogP contribution >= 0.6 is 0 Å². The summed E-state index contributed by atoms with van der Waals surface area (Å²) < 4.78 is 27.3. The second kappa shape index (κ2) is 6.94. The minimum absolute atomic E-state index is 0.0861. The Morgan fingerprint density at radius 3 is 1.84 bits per heavy atom. The number of anilines is 2. The minimum atomic E-state index is -0.475. The van der Waals surface area contributed by atoms with Gasteiger partial charge in [0.05, 0.1) is 22.7 Å². The molecule has 3 aromatic carbocycles. The van der Waals surface area contributed by atoms with E-state index in [9.17, 15) is 18.4 Å². The van der Waals surface area contributed by atoms with Crippen molar-refractivity contribution < 1.29 is 18.4 Å². The fourth-order valence-electron chi connectivity index (χ4n) is 3.51. The van der Waals surface area contributed by atoms with Crippen molar-refractivity contribution in [1.82, 2.24) is 0 Å². The highest BCUT2D eigenvalue weighted by atomic mass is 19.1. The van der Waals surface area contributed by atoms with E-state index in [0.29, 0.717) is 33.9 Å². The molecule has 3 aromatic rings. The molecule has 2 aliphatic rings. The van der Waals surface area contributed by atoms with Gasteiger partial charge in [0.15, 0.2) is 0 Å². The summed E-state index contributed by atoms with van der Waals surface area (Å²) in [5, 5.41) is 5.31. The predicted molar refractivity (Wildman–Crippen MR) is 114 cm³/mol. The monoisotopic (exact) mass is 416 g/mol. The van der Waals surface area contributed by atoms with Gasteiger partial charge in [-0.15, -0.1) is 0 Å². The molecule has 2 heterocycles. The number of hydrogen-bond donors (Lipinski definition) is 2.